The molecule has 16 heavy (non-hydrogen) atoms. The van der Waals surface area contributed by atoms with Gasteiger partial charge in [0.15, 0.2) is 0 Å². The molecule has 0 radical (unpaired) electrons. The lowest BCUT2D eigenvalue weighted by Crippen LogP contribution is -2.02. The second kappa shape index (κ2) is 5.58. The lowest BCUT2D eigenvalue weighted by atomic mass is 10.3. The number of aromatic nitrogens is 4. The van der Waals surface area contributed by atoms with Crippen molar-refractivity contribution < 1.29 is 0 Å². The molecule has 0 bridgehead atoms. The smallest absolute Gasteiger partial charge is 0.125 e. The van der Waals surface area contributed by atoms with E-state index in [-0.39, 0.29) is 12.4 Å². The van der Waals surface area contributed by atoms with Gasteiger partial charge in [-0.2, -0.15) is 5.10 Å². The van der Waals surface area contributed by atoms with Gasteiger partial charge in [-0.1, -0.05) is 0 Å². The number of rotatable bonds is 3. The van der Waals surface area contributed by atoms with Crippen LogP contribution in [-0.4, -0.2) is 19.7 Å². The van der Waals surface area contributed by atoms with E-state index in [0.717, 1.165) is 17.0 Å². The molecule has 0 spiro atoms. The molecule has 0 saturated heterocycles. The fraction of sp³-hybridized carbons (Fsp3) is 0.300. The first-order valence-electron chi connectivity index (χ1n) is 4.77. The Morgan fingerprint density at radius 1 is 1.19 bits per heavy atom. The molecule has 2 heterocycles. The van der Waals surface area contributed by atoms with E-state index in [1.807, 2.05) is 30.2 Å². The molecule has 0 saturated carbocycles. The summed E-state index contributed by atoms with van der Waals surface area (Å²) in [5, 5.41) is 4.19. The van der Waals surface area contributed by atoms with E-state index >= 15 is 0 Å². The molecule has 0 fully saturated rings. The molecule has 2 N–H and O–H groups in total. The summed E-state index contributed by atoms with van der Waals surface area (Å²) in [7, 11) is 0. The third-order valence-corrected chi connectivity index (χ3v) is 2.10. The summed E-state index contributed by atoms with van der Waals surface area (Å²) in [6, 6.07) is 0. The molecule has 86 valence electrons. The van der Waals surface area contributed by atoms with Crippen LogP contribution in [0.4, 0.5) is 0 Å². The number of aryl methyl sites for hydroxylation is 1. The van der Waals surface area contributed by atoms with E-state index in [1.54, 1.807) is 6.20 Å². The van der Waals surface area contributed by atoms with Crippen molar-refractivity contribution in [1.82, 2.24) is 19.7 Å². The molecule has 2 rings (SSSR count). The van der Waals surface area contributed by atoms with Crippen LogP contribution in [0.2, 0.25) is 0 Å². The zero-order valence-electron chi connectivity index (χ0n) is 9.00. The fourth-order valence-corrected chi connectivity index (χ4v) is 1.29. The minimum absolute atomic E-state index is 0. The molecular weight excluding hydrogens is 226 g/mol. The average Bonchev–Trinajstić information content (AvgIpc) is 2.69. The van der Waals surface area contributed by atoms with E-state index < -0.39 is 0 Å². The molecule has 0 atom stereocenters. The van der Waals surface area contributed by atoms with Crippen molar-refractivity contribution >= 4 is 12.4 Å². The van der Waals surface area contributed by atoms with Crippen molar-refractivity contribution in [3.8, 4) is 0 Å². The maximum Gasteiger partial charge on any atom is 0.125 e. The zero-order valence-corrected chi connectivity index (χ0v) is 9.81. The Morgan fingerprint density at radius 3 is 2.44 bits per heavy atom. The maximum absolute atomic E-state index is 5.50. The van der Waals surface area contributed by atoms with Gasteiger partial charge in [0, 0.05) is 36.3 Å². The van der Waals surface area contributed by atoms with Gasteiger partial charge in [-0.15, -0.1) is 12.4 Å². The molecule has 0 aromatic carbocycles. The molecule has 2 aromatic rings. The molecule has 0 aliphatic carbocycles. The van der Waals surface area contributed by atoms with Crippen LogP contribution in [-0.2, 0) is 13.1 Å². The molecule has 0 aliphatic heterocycles. The molecule has 5 nitrogen and oxygen atoms in total. The summed E-state index contributed by atoms with van der Waals surface area (Å²) >= 11 is 0. The van der Waals surface area contributed by atoms with E-state index in [9.17, 15) is 0 Å². The predicted octanol–water partition coefficient (Wildman–Crippen LogP) is 0.910. The highest BCUT2D eigenvalue weighted by Crippen LogP contribution is 2.01. The van der Waals surface area contributed by atoms with Gasteiger partial charge in [-0.25, -0.2) is 9.97 Å². The molecule has 0 unspecified atom stereocenters. The second-order valence-electron chi connectivity index (χ2n) is 3.39. The summed E-state index contributed by atoms with van der Waals surface area (Å²) in [5.41, 5.74) is 7.56. The van der Waals surface area contributed by atoms with Crippen molar-refractivity contribution in [2.24, 2.45) is 5.73 Å². The largest absolute Gasteiger partial charge is 0.326 e. The van der Waals surface area contributed by atoms with Crippen LogP contribution in [0.15, 0.2) is 24.8 Å². The average molecular weight is 240 g/mol. The van der Waals surface area contributed by atoms with Crippen LogP contribution < -0.4 is 5.73 Å². The molecule has 2 aromatic heterocycles. The molecule has 0 aliphatic rings. The summed E-state index contributed by atoms with van der Waals surface area (Å²) in [5.74, 6) is 0.780. The highest BCUT2D eigenvalue weighted by atomic mass is 35.5. The second-order valence-corrected chi connectivity index (χ2v) is 3.39. The standard InChI is InChI=1S/C10H13N5.ClH/c1-8-12-3-10(4-13-8)7-15-6-9(2-11)5-14-15;/h3-6H,2,7,11H2,1H3;1H. The van der Waals surface area contributed by atoms with E-state index in [4.69, 9.17) is 5.73 Å². The lowest BCUT2D eigenvalue weighted by Gasteiger charge is -2.00. The minimum atomic E-state index is 0. The van der Waals surface area contributed by atoms with E-state index in [0.29, 0.717) is 13.1 Å². The van der Waals surface area contributed by atoms with Gasteiger partial charge in [-0.05, 0) is 6.92 Å². The van der Waals surface area contributed by atoms with Gasteiger partial charge < -0.3 is 5.73 Å². The minimum Gasteiger partial charge on any atom is -0.326 e. The van der Waals surface area contributed by atoms with E-state index in [2.05, 4.69) is 15.1 Å². The lowest BCUT2D eigenvalue weighted by molar-refractivity contribution is 0.680. The van der Waals surface area contributed by atoms with Crippen LogP contribution in [0.3, 0.4) is 0 Å². The monoisotopic (exact) mass is 239 g/mol. The summed E-state index contributed by atoms with van der Waals surface area (Å²) in [4.78, 5) is 8.25. The highest BCUT2D eigenvalue weighted by molar-refractivity contribution is 5.85. The van der Waals surface area contributed by atoms with Crippen LogP contribution in [0, 0.1) is 6.92 Å². The fourth-order valence-electron chi connectivity index (χ4n) is 1.29. The Bertz CT molecular complexity index is 437. The molecule has 6 heteroatoms. The van der Waals surface area contributed by atoms with Crippen LogP contribution in [0.1, 0.15) is 17.0 Å². The van der Waals surface area contributed by atoms with Gasteiger partial charge in [0.2, 0.25) is 0 Å². The van der Waals surface area contributed by atoms with Crippen LogP contribution in [0.5, 0.6) is 0 Å². The number of hydrogen-bond donors (Lipinski definition) is 1. The summed E-state index contributed by atoms with van der Waals surface area (Å²) < 4.78 is 1.83. The molecule has 0 amide bonds. The first-order valence-corrected chi connectivity index (χ1v) is 4.77. The maximum atomic E-state index is 5.50. The summed E-state index contributed by atoms with van der Waals surface area (Å²) in [6.07, 6.45) is 7.33. The quantitative estimate of drug-likeness (QED) is 0.865. The summed E-state index contributed by atoms with van der Waals surface area (Å²) in [6.45, 7) is 3.06. The third kappa shape index (κ3) is 3.01. The predicted molar refractivity (Wildman–Crippen MR) is 63.2 cm³/mol. The van der Waals surface area contributed by atoms with Gasteiger partial charge >= 0.3 is 0 Å². The number of halogens is 1. The Morgan fingerprint density at radius 2 is 1.88 bits per heavy atom. The van der Waals surface area contributed by atoms with Crippen LogP contribution in [0.25, 0.3) is 0 Å². The highest BCUT2D eigenvalue weighted by Gasteiger charge is 1.99. The topological polar surface area (TPSA) is 69.6 Å². The zero-order chi connectivity index (χ0) is 10.7. The Balaban J connectivity index is 0.00000128. The molecular formula is C10H14ClN5. The van der Waals surface area contributed by atoms with Crippen molar-refractivity contribution in [2.45, 2.75) is 20.0 Å². The van der Waals surface area contributed by atoms with Crippen LogP contribution >= 0.6 is 12.4 Å². The SMILES string of the molecule is Cc1ncc(Cn2cc(CN)cn2)cn1.Cl. The van der Waals surface area contributed by atoms with Gasteiger partial charge in [-0.3, -0.25) is 4.68 Å². The van der Waals surface area contributed by atoms with E-state index in [1.165, 1.54) is 0 Å². The van der Waals surface area contributed by atoms with Gasteiger partial charge in [0.1, 0.15) is 5.82 Å². The number of nitrogens with zero attached hydrogens (tertiary/aromatic N) is 4. The normalized spacial score (nSPS) is 9.88. The number of hydrogen-bond acceptors (Lipinski definition) is 4. The Labute approximate surface area is 100 Å². The van der Waals surface area contributed by atoms with Crippen molar-refractivity contribution in [3.05, 3.63) is 41.7 Å². The van der Waals surface area contributed by atoms with Crippen molar-refractivity contribution in [2.75, 3.05) is 0 Å². The van der Waals surface area contributed by atoms with Crippen molar-refractivity contribution in [3.63, 3.8) is 0 Å². The van der Waals surface area contributed by atoms with Gasteiger partial charge in [0.25, 0.3) is 0 Å². The third-order valence-electron chi connectivity index (χ3n) is 2.10. The first kappa shape index (κ1) is 12.6. The van der Waals surface area contributed by atoms with Gasteiger partial charge in [0.05, 0.1) is 12.7 Å². The Kier molecular flexibility index (Phi) is 4.39. The first-order chi connectivity index (χ1) is 7.28. The Hall–Kier alpha value is -1.46. The number of nitrogens with two attached hydrogens (primary N) is 1. The van der Waals surface area contributed by atoms with Crippen molar-refractivity contribution in [1.29, 1.82) is 0 Å².